The van der Waals surface area contributed by atoms with Crippen LogP contribution in [0.25, 0.3) is 0 Å². The van der Waals surface area contributed by atoms with E-state index in [1.165, 1.54) is 25.7 Å². The third kappa shape index (κ3) is 2.07. The molecular weight excluding hydrogens is 248 g/mol. The van der Waals surface area contributed by atoms with Gasteiger partial charge in [0, 0.05) is 11.7 Å². The van der Waals surface area contributed by atoms with E-state index in [4.69, 9.17) is 17.3 Å². The summed E-state index contributed by atoms with van der Waals surface area (Å²) in [5, 5.41) is 3.97. The summed E-state index contributed by atoms with van der Waals surface area (Å²) >= 11 is 6.05. The van der Waals surface area contributed by atoms with Crippen molar-refractivity contribution in [1.29, 1.82) is 0 Å². The highest BCUT2D eigenvalue weighted by atomic mass is 35.5. The van der Waals surface area contributed by atoms with Crippen LogP contribution >= 0.6 is 11.6 Å². The zero-order valence-electron chi connectivity index (χ0n) is 10.2. The van der Waals surface area contributed by atoms with E-state index in [2.05, 4.69) is 5.32 Å². The standard InChI is InChI=1S/C14H17ClN2O/c15-12-7-10(3-4-11(12)14(16)18)17-13-6-8-1-2-9(13)5-8/h3-4,7-9,13,17H,1-2,5-6H2,(H2,16,18). The molecule has 3 nitrogen and oxygen atoms in total. The summed E-state index contributed by atoms with van der Waals surface area (Å²) in [6.45, 7) is 0. The second kappa shape index (κ2) is 4.47. The molecular formula is C14H17ClN2O. The number of halogens is 1. The number of hydrogen-bond acceptors (Lipinski definition) is 2. The van der Waals surface area contributed by atoms with Crippen LogP contribution in [0.1, 0.15) is 36.0 Å². The molecule has 2 bridgehead atoms. The molecule has 2 aliphatic carbocycles. The Morgan fingerprint density at radius 3 is 2.72 bits per heavy atom. The summed E-state index contributed by atoms with van der Waals surface area (Å²) in [6.07, 6.45) is 5.37. The van der Waals surface area contributed by atoms with Crippen LogP contribution in [-0.2, 0) is 0 Å². The lowest BCUT2D eigenvalue weighted by molar-refractivity contribution is 0.100. The van der Waals surface area contributed by atoms with E-state index in [0.29, 0.717) is 16.6 Å². The van der Waals surface area contributed by atoms with Gasteiger partial charge in [-0.05, 0) is 49.3 Å². The van der Waals surface area contributed by atoms with Gasteiger partial charge in [-0.25, -0.2) is 0 Å². The molecule has 96 valence electrons. The van der Waals surface area contributed by atoms with Crippen LogP contribution < -0.4 is 11.1 Å². The zero-order chi connectivity index (χ0) is 12.7. The monoisotopic (exact) mass is 264 g/mol. The lowest BCUT2D eigenvalue weighted by Gasteiger charge is -2.24. The second-order valence-electron chi connectivity index (χ2n) is 5.48. The van der Waals surface area contributed by atoms with Crippen molar-refractivity contribution >= 4 is 23.2 Å². The number of hydrogen-bond donors (Lipinski definition) is 2. The molecule has 0 aliphatic heterocycles. The van der Waals surface area contributed by atoms with Gasteiger partial charge < -0.3 is 11.1 Å². The molecule has 0 radical (unpaired) electrons. The van der Waals surface area contributed by atoms with Crippen molar-refractivity contribution in [2.45, 2.75) is 31.7 Å². The molecule has 0 spiro atoms. The van der Waals surface area contributed by atoms with Gasteiger partial charge in [0.05, 0.1) is 10.6 Å². The van der Waals surface area contributed by atoms with Crippen molar-refractivity contribution < 1.29 is 4.79 Å². The Hall–Kier alpha value is -1.22. The number of carbonyl (C=O) groups is 1. The Morgan fingerprint density at radius 1 is 1.33 bits per heavy atom. The summed E-state index contributed by atoms with van der Waals surface area (Å²) in [4.78, 5) is 11.1. The Kier molecular flexibility index (Phi) is 2.94. The van der Waals surface area contributed by atoms with Crippen LogP contribution in [0.15, 0.2) is 18.2 Å². The SMILES string of the molecule is NC(=O)c1ccc(NC2CC3CCC2C3)cc1Cl. The van der Waals surface area contributed by atoms with Crippen molar-refractivity contribution in [3.05, 3.63) is 28.8 Å². The van der Waals surface area contributed by atoms with Gasteiger partial charge in [-0.1, -0.05) is 18.0 Å². The second-order valence-corrected chi connectivity index (χ2v) is 5.89. The van der Waals surface area contributed by atoms with Crippen LogP contribution in [0.4, 0.5) is 5.69 Å². The predicted molar refractivity (Wildman–Crippen MR) is 72.8 cm³/mol. The Bertz CT molecular complexity index is 489. The van der Waals surface area contributed by atoms with Crippen molar-refractivity contribution in [1.82, 2.24) is 0 Å². The van der Waals surface area contributed by atoms with E-state index in [0.717, 1.165) is 17.5 Å². The lowest BCUT2D eigenvalue weighted by atomic mass is 9.95. The van der Waals surface area contributed by atoms with E-state index in [-0.39, 0.29) is 0 Å². The molecule has 18 heavy (non-hydrogen) atoms. The number of anilines is 1. The molecule has 3 rings (SSSR count). The van der Waals surface area contributed by atoms with Gasteiger partial charge in [0.2, 0.25) is 5.91 Å². The normalized spacial score (nSPS) is 29.5. The van der Waals surface area contributed by atoms with Crippen LogP contribution in [0, 0.1) is 11.8 Å². The van der Waals surface area contributed by atoms with E-state index in [1.807, 2.05) is 6.07 Å². The minimum atomic E-state index is -0.480. The van der Waals surface area contributed by atoms with E-state index < -0.39 is 5.91 Å². The molecule has 1 aromatic rings. The minimum absolute atomic E-state index is 0.384. The van der Waals surface area contributed by atoms with Crippen molar-refractivity contribution in [2.24, 2.45) is 17.6 Å². The first-order chi connectivity index (χ1) is 8.63. The fourth-order valence-electron chi connectivity index (χ4n) is 3.44. The summed E-state index contributed by atoms with van der Waals surface area (Å²) in [5.74, 6) is 1.24. The van der Waals surface area contributed by atoms with Gasteiger partial charge in [-0.3, -0.25) is 4.79 Å². The summed E-state index contributed by atoms with van der Waals surface area (Å²) in [5.41, 5.74) is 6.61. The molecule has 3 unspecified atom stereocenters. The van der Waals surface area contributed by atoms with Crippen molar-refractivity contribution in [2.75, 3.05) is 5.32 Å². The van der Waals surface area contributed by atoms with E-state index in [1.54, 1.807) is 12.1 Å². The topological polar surface area (TPSA) is 55.1 Å². The molecule has 2 saturated carbocycles. The molecule has 4 heteroatoms. The van der Waals surface area contributed by atoms with Crippen LogP contribution in [0.2, 0.25) is 5.02 Å². The number of primary amides is 1. The molecule has 0 aromatic heterocycles. The fourth-order valence-corrected chi connectivity index (χ4v) is 3.71. The van der Waals surface area contributed by atoms with Crippen molar-refractivity contribution in [3.63, 3.8) is 0 Å². The summed E-state index contributed by atoms with van der Waals surface area (Å²) in [6, 6.07) is 5.95. The highest BCUT2D eigenvalue weighted by molar-refractivity contribution is 6.34. The largest absolute Gasteiger partial charge is 0.382 e. The highest BCUT2D eigenvalue weighted by Gasteiger charge is 2.39. The molecule has 1 amide bonds. The molecule has 2 fully saturated rings. The number of benzene rings is 1. The smallest absolute Gasteiger partial charge is 0.250 e. The van der Waals surface area contributed by atoms with Gasteiger partial charge in [0.15, 0.2) is 0 Å². The molecule has 0 heterocycles. The molecule has 0 saturated heterocycles. The molecule has 2 aliphatic rings. The van der Waals surface area contributed by atoms with Gasteiger partial charge in [0.1, 0.15) is 0 Å². The average Bonchev–Trinajstić information content (AvgIpc) is 2.90. The summed E-state index contributed by atoms with van der Waals surface area (Å²) < 4.78 is 0. The highest BCUT2D eigenvalue weighted by Crippen LogP contribution is 2.45. The Labute approximate surface area is 112 Å². The van der Waals surface area contributed by atoms with E-state index in [9.17, 15) is 4.79 Å². The number of rotatable bonds is 3. The van der Waals surface area contributed by atoms with Gasteiger partial charge in [0.25, 0.3) is 0 Å². The molecule has 3 atom stereocenters. The maximum atomic E-state index is 11.1. The van der Waals surface area contributed by atoms with Gasteiger partial charge in [-0.2, -0.15) is 0 Å². The average molecular weight is 265 g/mol. The summed E-state index contributed by atoms with van der Waals surface area (Å²) in [7, 11) is 0. The molecule has 1 aromatic carbocycles. The first kappa shape index (κ1) is 11.8. The quantitative estimate of drug-likeness (QED) is 0.882. The van der Waals surface area contributed by atoms with Gasteiger partial charge >= 0.3 is 0 Å². The fraction of sp³-hybridized carbons (Fsp3) is 0.500. The lowest BCUT2D eigenvalue weighted by Crippen LogP contribution is -2.25. The number of nitrogens with one attached hydrogen (secondary N) is 1. The molecule has 3 N–H and O–H groups in total. The number of amides is 1. The van der Waals surface area contributed by atoms with Crippen molar-refractivity contribution in [3.8, 4) is 0 Å². The number of fused-ring (bicyclic) bond motifs is 2. The Morgan fingerprint density at radius 2 is 2.17 bits per heavy atom. The Balaban J connectivity index is 1.74. The maximum absolute atomic E-state index is 11.1. The first-order valence-electron chi connectivity index (χ1n) is 6.49. The van der Waals surface area contributed by atoms with Crippen LogP contribution in [0.5, 0.6) is 0 Å². The third-order valence-corrected chi connectivity index (χ3v) is 4.64. The van der Waals surface area contributed by atoms with Crippen LogP contribution in [-0.4, -0.2) is 11.9 Å². The third-order valence-electron chi connectivity index (χ3n) is 4.32. The zero-order valence-corrected chi connectivity index (χ0v) is 10.9. The first-order valence-corrected chi connectivity index (χ1v) is 6.87. The number of carbonyl (C=O) groups excluding carboxylic acids is 1. The minimum Gasteiger partial charge on any atom is -0.382 e. The number of nitrogens with two attached hydrogens (primary N) is 1. The predicted octanol–water partition coefficient (Wildman–Crippen LogP) is 3.04. The van der Waals surface area contributed by atoms with Gasteiger partial charge in [-0.15, -0.1) is 0 Å². The maximum Gasteiger partial charge on any atom is 0.250 e. The van der Waals surface area contributed by atoms with E-state index >= 15 is 0 Å². The van der Waals surface area contributed by atoms with Crippen LogP contribution in [0.3, 0.4) is 0 Å².